The highest BCUT2D eigenvalue weighted by Crippen LogP contribution is 2.27. The Morgan fingerprint density at radius 1 is 1.30 bits per heavy atom. The van der Waals surface area contributed by atoms with Crippen LogP contribution in [-0.4, -0.2) is 51.5 Å². The molecule has 9 heteroatoms. The van der Waals surface area contributed by atoms with Crippen molar-refractivity contribution in [2.75, 3.05) is 18.0 Å². The molecule has 0 spiro atoms. The maximum absolute atomic E-state index is 14.7. The second-order valence-electron chi connectivity index (χ2n) is 9.14. The first-order valence-electron chi connectivity index (χ1n) is 10.9. The number of amides is 1. The third-order valence-corrected chi connectivity index (χ3v) is 5.42. The molecule has 1 amide bonds. The van der Waals surface area contributed by atoms with Crippen molar-refractivity contribution in [1.82, 2.24) is 19.9 Å². The molecule has 3 aromatic rings. The Balaban J connectivity index is 1.61. The first kappa shape index (κ1) is 22.5. The average molecular weight is 451 g/mol. The van der Waals surface area contributed by atoms with Crippen molar-refractivity contribution < 1.29 is 13.9 Å². The number of carbonyl (C=O) groups is 1. The first-order chi connectivity index (χ1) is 15.7. The van der Waals surface area contributed by atoms with Crippen molar-refractivity contribution in [2.45, 2.75) is 51.6 Å². The second-order valence-corrected chi connectivity index (χ2v) is 9.14. The number of fused-ring (bicyclic) bond motifs is 1. The molecular weight excluding hydrogens is 423 g/mol. The topological polar surface area (TPSA) is 96.1 Å². The number of para-hydroxylation sites is 2. The molecule has 33 heavy (non-hydrogen) atoms. The van der Waals surface area contributed by atoms with Crippen LogP contribution in [0.4, 0.5) is 15.1 Å². The number of pyridine rings is 1. The smallest absolute Gasteiger partial charge is 0.408 e. The van der Waals surface area contributed by atoms with E-state index in [-0.39, 0.29) is 13.0 Å². The van der Waals surface area contributed by atoms with Gasteiger partial charge in [0.15, 0.2) is 0 Å². The van der Waals surface area contributed by atoms with E-state index in [1.54, 1.807) is 33.0 Å². The largest absolute Gasteiger partial charge is 0.444 e. The van der Waals surface area contributed by atoms with Gasteiger partial charge in [0.05, 0.1) is 34.9 Å². The molecule has 0 bridgehead atoms. The van der Waals surface area contributed by atoms with Crippen molar-refractivity contribution >= 4 is 23.1 Å². The van der Waals surface area contributed by atoms with Crippen LogP contribution in [0.25, 0.3) is 11.0 Å². The van der Waals surface area contributed by atoms with Crippen LogP contribution in [-0.2, 0) is 11.3 Å². The third kappa shape index (κ3) is 5.22. The van der Waals surface area contributed by atoms with E-state index in [1.165, 1.54) is 0 Å². The maximum atomic E-state index is 14.7. The molecule has 1 aliphatic heterocycles. The van der Waals surface area contributed by atoms with Gasteiger partial charge < -0.3 is 19.5 Å². The Morgan fingerprint density at radius 3 is 2.79 bits per heavy atom. The van der Waals surface area contributed by atoms with Crippen LogP contribution in [0.15, 0.2) is 42.6 Å². The number of imidazole rings is 1. The van der Waals surface area contributed by atoms with E-state index in [1.807, 2.05) is 39.8 Å². The summed E-state index contributed by atoms with van der Waals surface area (Å²) in [5.41, 5.74) is 2.36. The number of nitrogens with one attached hydrogen (secondary N) is 1. The summed E-state index contributed by atoms with van der Waals surface area (Å²) in [5.74, 6) is 0.685. The minimum atomic E-state index is -1.17. The van der Waals surface area contributed by atoms with E-state index in [0.717, 1.165) is 16.7 Å². The summed E-state index contributed by atoms with van der Waals surface area (Å²) < 4.78 is 22.0. The zero-order chi connectivity index (χ0) is 23.6. The number of hydrogen-bond donors (Lipinski definition) is 1. The molecule has 0 saturated carbocycles. The van der Waals surface area contributed by atoms with Crippen LogP contribution < -0.4 is 10.2 Å². The van der Waals surface area contributed by atoms with Gasteiger partial charge in [-0.2, -0.15) is 5.26 Å². The highest BCUT2D eigenvalue weighted by Gasteiger charge is 2.33. The molecular formula is C24H27FN6O2. The Labute approximate surface area is 192 Å². The molecule has 172 valence electrons. The number of alkyl halides is 1. The van der Waals surface area contributed by atoms with Gasteiger partial charge in [0, 0.05) is 19.3 Å². The highest BCUT2D eigenvalue weighted by molar-refractivity contribution is 5.79. The SMILES string of the molecule is CC(C)(C)OC(=O)N[C@@H]1CN(c2nc3ccccc3n2Cc2ccc(C#N)cn2)CC[C@H]1F. The number of hydrogen-bond acceptors (Lipinski definition) is 6. The maximum Gasteiger partial charge on any atom is 0.408 e. The molecule has 0 unspecified atom stereocenters. The Kier molecular flexibility index (Phi) is 6.18. The fourth-order valence-corrected chi connectivity index (χ4v) is 3.91. The van der Waals surface area contributed by atoms with Crippen LogP contribution in [0, 0.1) is 11.3 Å². The van der Waals surface area contributed by atoms with Gasteiger partial charge in [-0.25, -0.2) is 14.2 Å². The summed E-state index contributed by atoms with van der Waals surface area (Å²) in [6.07, 6.45) is 0.00141. The lowest BCUT2D eigenvalue weighted by Gasteiger charge is -2.36. The number of nitrogens with zero attached hydrogens (tertiary/aromatic N) is 5. The van der Waals surface area contributed by atoms with Crippen molar-refractivity contribution in [3.05, 3.63) is 53.9 Å². The van der Waals surface area contributed by atoms with Crippen LogP contribution in [0.5, 0.6) is 0 Å². The molecule has 2 atom stereocenters. The van der Waals surface area contributed by atoms with Crippen molar-refractivity contribution in [3.63, 3.8) is 0 Å². The van der Waals surface area contributed by atoms with E-state index in [9.17, 15) is 9.18 Å². The van der Waals surface area contributed by atoms with E-state index < -0.39 is 23.9 Å². The summed E-state index contributed by atoms with van der Waals surface area (Å²) >= 11 is 0. The number of carbonyl (C=O) groups excluding carboxylic acids is 1. The van der Waals surface area contributed by atoms with E-state index >= 15 is 0 Å². The lowest BCUT2D eigenvalue weighted by molar-refractivity contribution is 0.0465. The summed E-state index contributed by atoms with van der Waals surface area (Å²) in [7, 11) is 0. The van der Waals surface area contributed by atoms with Crippen LogP contribution in [0.2, 0.25) is 0 Å². The molecule has 1 aliphatic rings. The normalized spacial score (nSPS) is 18.7. The Bertz CT molecular complexity index is 1180. The molecule has 1 N–H and O–H groups in total. The van der Waals surface area contributed by atoms with Gasteiger partial charge in [-0.15, -0.1) is 0 Å². The molecule has 1 aromatic carbocycles. The van der Waals surface area contributed by atoms with Crippen LogP contribution in [0.3, 0.4) is 0 Å². The lowest BCUT2D eigenvalue weighted by Crippen LogP contribution is -2.55. The van der Waals surface area contributed by atoms with E-state index in [0.29, 0.717) is 24.6 Å². The lowest BCUT2D eigenvalue weighted by atomic mass is 10.0. The van der Waals surface area contributed by atoms with Gasteiger partial charge in [0.25, 0.3) is 0 Å². The number of rotatable bonds is 4. The zero-order valence-electron chi connectivity index (χ0n) is 19.0. The monoisotopic (exact) mass is 450 g/mol. The number of benzene rings is 1. The minimum absolute atomic E-state index is 0.263. The predicted octanol–water partition coefficient (Wildman–Crippen LogP) is 3.79. The summed E-state index contributed by atoms with van der Waals surface area (Å²) in [6, 6.07) is 12.7. The van der Waals surface area contributed by atoms with Gasteiger partial charge >= 0.3 is 6.09 Å². The molecule has 4 rings (SSSR count). The number of piperidine rings is 1. The molecule has 3 heterocycles. The number of anilines is 1. The molecule has 0 radical (unpaired) electrons. The number of halogens is 1. The van der Waals surface area contributed by atoms with E-state index in [4.69, 9.17) is 15.0 Å². The van der Waals surface area contributed by atoms with Crippen molar-refractivity contribution in [2.24, 2.45) is 0 Å². The van der Waals surface area contributed by atoms with Gasteiger partial charge in [-0.3, -0.25) is 4.98 Å². The minimum Gasteiger partial charge on any atom is -0.444 e. The first-order valence-corrected chi connectivity index (χ1v) is 10.9. The Morgan fingerprint density at radius 2 is 2.09 bits per heavy atom. The number of nitriles is 1. The quantitative estimate of drug-likeness (QED) is 0.650. The fraction of sp³-hybridized carbons (Fsp3) is 0.417. The average Bonchev–Trinajstić information content (AvgIpc) is 3.13. The standard InChI is InChI=1S/C24H27FN6O2/c1-24(2,3)33-23(32)29-20-15-30(11-10-18(20)25)22-28-19-6-4-5-7-21(19)31(22)14-17-9-8-16(12-26)13-27-17/h4-9,13,18,20H,10-11,14-15H2,1-3H3,(H,29,32)/t18-,20-/m1/s1. The fourth-order valence-electron chi connectivity index (χ4n) is 3.91. The van der Waals surface area contributed by atoms with Gasteiger partial charge in [-0.05, 0) is 51.5 Å². The highest BCUT2D eigenvalue weighted by atomic mass is 19.1. The van der Waals surface area contributed by atoms with Crippen LogP contribution >= 0.6 is 0 Å². The zero-order valence-corrected chi connectivity index (χ0v) is 19.0. The van der Waals surface area contributed by atoms with Gasteiger partial charge in [0.2, 0.25) is 5.95 Å². The molecule has 8 nitrogen and oxygen atoms in total. The molecule has 1 fully saturated rings. The third-order valence-electron chi connectivity index (χ3n) is 5.42. The molecule has 2 aromatic heterocycles. The summed E-state index contributed by atoms with van der Waals surface area (Å²) in [4.78, 5) is 23.4. The van der Waals surface area contributed by atoms with Crippen molar-refractivity contribution in [1.29, 1.82) is 5.26 Å². The Hall–Kier alpha value is -3.67. The molecule has 1 saturated heterocycles. The summed E-state index contributed by atoms with van der Waals surface area (Å²) in [6.45, 7) is 6.49. The van der Waals surface area contributed by atoms with Crippen LogP contribution in [0.1, 0.15) is 38.4 Å². The predicted molar refractivity (Wildman–Crippen MR) is 123 cm³/mol. The number of ether oxygens (including phenoxy) is 1. The number of aromatic nitrogens is 3. The van der Waals surface area contributed by atoms with Gasteiger partial charge in [0.1, 0.15) is 17.8 Å². The van der Waals surface area contributed by atoms with E-state index in [2.05, 4.69) is 16.4 Å². The van der Waals surface area contributed by atoms with Crippen molar-refractivity contribution in [3.8, 4) is 6.07 Å². The molecule has 0 aliphatic carbocycles. The number of alkyl carbamates (subject to hydrolysis) is 1. The van der Waals surface area contributed by atoms with Gasteiger partial charge in [-0.1, -0.05) is 12.1 Å². The summed E-state index contributed by atoms with van der Waals surface area (Å²) in [5, 5.41) is 11.7. The second kappa shape index (κ2) is 9.06.